The molecule has 1 saturated heterocycles. The summed E-state index contributed by atoms with van der Waals surface area (Å²) in [6, 6.07) is 3.55. The van der Waals surface area contributed by atoms with Crippen LogP contribution in [0.4, 0.5) is 8.78 Å². The van der Waals surface area contributed by atoms with Gasteiger partial charge >= 0.3 is 0 Å². The summed E-state index contributed by atoms with van der Waals surface area (Å²) in [6.07, 6.45) is 0. The number of benzene rings is 1. The van der Waals surface area contributed by atoms with Crippen molar-refractivity contribution in [1.29, 1.82) is 0 Å². The summed E-state index contributed by atoms with van der Waals surface area (Å²) in [5.41, 5.74) is 0.435. The third kappa shape index (κ3) is 1.24. The molecular weight excluding hydrogens is 148 g/mol. The molecule has 0 spiro atoms. The predicted molar refractivity (Wildman–Crippen MR) is 37.1 cm³/mol. The van der Waals surface area contributed by atoms with Crippen LogP contribution in [0.1, 0.15) is 11.6 Å². The van der Waals surface area contributed by atoms with E-state index in [1.54, 1.807) is 0 Å². The minimum atomic E-state index is -0.380. The van der Waals surface area contributed by atoms with Crippen molar-refractivity contribution in [3.63, 3.8) is 0 Å². The Morgan fingerprint density at radius 3 is 2.73 bits per heavy atom. The zero-order valence-electron chi connectivity index (χ0n) is 5.77. The zero-order valence-corrected chi connectivity index (χ0v) is 5.77. The quantitative estimate of drug-likeness (QED) is 0.611. The molecule has 1 aromatic carbocycles. The Morgan fingerprint density at radius 2 is 2.09 bits per heavy atom. The molecule has 1 atom stereocenters. The van der Waals surface area contributed by atoms with Crippen molar-refractivity contribution in [2.75, 3.05) is 6.54 Å². The van der Waals surface area contributed by atoms with Gasteiger partial charge in [0.15, 0.2) is 0 Å². The molecule has 1 aliphatic heterocycles. The molecule has 1 fully saturated rings. The Balaban J connectivity index is 2.42. The van der Waals surface area contributed by atoms with Gasteiger partial charge in [0.2, 0.25) is 0 Å². The van der Waals surface area contributed by atoms with Crippen LogP contribution in [-0.2, 0) is 0 Å². The predicted octanol–water partition coefficient (Wildman–Crippen LogP) is 1.61. The maximum Gasteiger partial charge on any atom is 0.128 e. The van der Waals surface area contributed by atoms with E-state index < -0.39 is 0 Å². The molecule has 2 rings (SSSR count). The van der Waals surface area contributed by atoms with E-state index in [1.165, 1.54) is 6.07 Å². The van der Waals surface area contributed by atoms with Gasteiger partial charge < -0.3 is 5.32 Å². The summed E-state index contributed by atoms with van der Waals surface area (Å²) in [5, 5.41) is 2.91. The van der Waals surface area contributed by atoms with Gasteiger partial charge in [-0.15, -0.1) is 0 Å². The molecule has 58 valence electrons. The fourth-order valence-corrected chi connectivity index (χ4v) is 1.06. The van der Waals surface area contributed by atoms with Gasteiger partial charge in [-0.05, 0) is 18.2 Å². The molecule has 0 aliphatic carbocycles. The van der Waals surface area contributed by atoms with Gasteiger partial charge in [-0.1, -0.05) is 0 Å². The topological polar surface area (TPSA) is 21.9 Å². The maximum atomic E-state index is 12.9. The lowest BCUT2D eigenvalue weighted by molar-refractivity contribution is 0.585. The summed E-state index contributed by atoms with van der Waals surface area (Å²) in [4.78, 5) is 0. The average molecular weight is 155 g/mol. The second-order valence-corrected chi connectivity index (χ2v) is 2.63. The molecule has 1 nitrogen and oxygen atoms in total. The lowest BCUT2D eigenvalue weighted by Gasteiger charge is -1.97. The summed E-state index contributed by atoms with van der Waals surface area (Å²) >= 11 is 0. The standard InChI is InChI=1S/C8H7F2N/c9-5-1-2-7(10)6(3-5)8-4-11-8/h1-3,8,11H,4H2/t8-/m1/s1. The van der Waals surface area contributed by atoms with Crippen LogP contribution in [-0.4, -0.2) is 6.54 Å². The number of nitrogens with one attached hydrogen (secondary N) is 1. The minimum absolute atomic E-state index is 0.0331. The molecule has 1 heterocycles. The highest BCUT2D eigenvalue weighted by atomic mass is 19.1. The van der Waals surface area contributed by atoms with Crippen LogP contribution in [0.25, 0.3) is 0 Å². The van der Waals surface area contributed by atoms with E-state index in [0.29, 0.717) is 5.56 Å². The van der Waals surface area contributed by atoms with Crippen molar-refractivity contribution in [2.45, 2.75) is 6.04 Å². The molecule has 1 aromatic rings. The van der Waals surface area contributed by atoms with Gasteiger partial charge in [-0.25, -0.2) is 8.78 Å². The van der Waals surface area contributed by atoms with Gasteiger partial charge in [-0.3, -0.25) is 0 Å². The van der Waals surface area contributed by atoms with E-state index in [2.05, 4.69) is 5.32 Å². The molecule has 11 heavy (non-hydrogen) atoms. The molecule has 1 N–H and O–H groups in total. The first kappa shape index (κ1) is 6.73. The Labute approximate surface area is 63.0 Å². The number of halogens is 2. The van der Waals surface area contributed by atoms with E-state index in [4.69, 9.17) is 0 Å². The van der Waals surface area contributed by atoms with Gasteiger partial charge in [0.25, 0.3) is 0 Å². The van der Waals surface area contributed by atoms with E-state index in [9.17, 15) is 8.78 Å². The van der Waals surface area contributed by atoms with Crippen LogP contribution in [0.15, 0.2) is 18.2 Å². The van der Waals surface area contributed by atoms with Crippen LogP contribution < -0.4 is 5.32 Å². The second-order valence-electron chi connectivity index (χ2n) is 2.63. The molecule has 3 heteroatoms. The van der Waals surface area contributed by atoms with Crippen molar-refractivity contribution in [3.05, 3.63) is 35.4 Å². The van der Waals surface area contributed by atoms with Crippen molar-refractivity contribution < 1.29 is 8.78 Å². The Kier molecular flexibility index (Phi) is 1.39. The highest BCUT2D eigenvalue weighted by Gasteiger charge is 2.25. The normalized spacial score (nSPS) is 21.8. The minimum Gasteiger partial charge on any atom is -0.307 e. The molecule has 0 unspecified atom stereocenters. The molecule has 1 aliphatic rings. The Bertz CT molecular complexity index is 281. The first-order valence-electron chi connectivity index (χ1n) is 3.46. The van der Waals surface area contributed by atoms with Gasteiger partial charge in [-0.2, -0.15) is 0 Å². The fraction of sp³-hybridized carbons (Fsp3) is 0.250. The van der Waals surface area contributed by atoms with Crippen molar-refractivity contribution >= 4 is 0 Å². The lowest BCUT2D eigenvalue weighted by atomic mass is 10.1. The Morgan fingerprint density at radius 1 is 1.36 bits per heavy atom. The first-order chi connectivity index (χ1) is 5.27. The van der Waals surface area contributed by atoms with Crippen LogP contribution in [0.5, 0.6) is 0 Å². The fourth-order valence-electron chi connectivity index (χ4n) is 1.06. The van der Waals surface area contributed by atoms with E-state index in [0.717, 1.165) is 18.7 Å². The van der Waals surface area contributed by atoms with Crippen LogP contribution in [0.3, 0.4) is 0 Å². The van der Waals surface area contributed by atoms with Crippen LogP contribution in [0, 0.1) is 11.6 Å². The summed E-state index contributed by atoms with van der Waals surface area (Å²) in [6.45, 7) is 0.750. The van der Waals surface area contributed by atoms with Crippen molar-refractivity contribution in [2.24, 2.45) is 0 Å². The summed E-state index contributed by atoms with van der Waals surface area (Å²) in [7, 11) is 0. The monoisotopic (exact) mass is 155 g/mol. The largest absolute Gasteiger partial charge is 0.307 e. The van der Waals surface area contributed by atoms with Crippen molar-refractivity contribution in [1.82, 2.24) is 5.32 Å². The first-order valence-corrected chi connectivity index (χ1v) is 3.46. The number of rotatable bonds is 1. The summed E-state index contributed by atoms with van der Waals surface area (Å²) < 4.78 is 25.4. The summed E-state index contributed by atoms with van der Waals surface area (Å²) in [5.74, 6) is -0.712. The number of hydrogen-bond acceptors (Lipinski definition) is 1. The second kappa shape index (κ2) is 2.27. The molecule has 0 amide bonds. The Hall–Kier alpha value is -0.960. The molecule has 0 saturated carbocycles. The third-order valence-electron chi connectivity index (χ3n) is 1.74. The number of hydrogen-bond donors (Lipinski definition) is 1. The zero-order chi connectivity index (χ0) is 7.84. The van der Waals surface area contributed by atoms with E-state index in [-0.39, 0.29) is 17.7 Å². The lowest BCUT2D eigenvalue weighted by Crippen LogP contribution is -1.91. The average Bonchev–Trinajstić information content (AvgIpc) is 2.76. The van der Waals surface area contributed by atoms with Gasteiger partial charge in [0.05, 0.1) is 0 Å². The maximum absolute atomic E-state index is 12.9. The van der Waals surface area contributed by atoms with Gasteiger partial charge in [0, 0.05) is 18.2 Å². The third-order valence-corrected chi connectivity index (χ3v) is 1.74. The van der Waals surface area contributed by atoms with E-state index >= 15 is 0 Å². The smallest absolute Gasteiger partial charge is 0.128 e. The van der Waals surface area contributed by atoms with Crippen LogP contribution >= 0.6 is 0 Å². The highest BCUT2D eigenvalue weighted by molar-refractivity contribution is 5.25. The molecule has 0 radical (unpaired) electrons. The van der Waals surface area contributed by atoms with Crippen LogP contribution in [0.2, 0.25) is 0 Å². The van der Waals surface area contributed by atoms with E-state index in [1.807, 2.05) is 0 Å². The highest BCUT2D eigenvalue weighted by Crippen LogP contribution is 2.24. The van der Waals surface area contributed by atoms with Gasteiger partial charge in [0.1, 0.15) is 11.6 Å². The molecular formula is C8H7F2N. The molecule has 0 bridgehead atoms. The van der Waals surface area contributed by atoms with Crippen molar-refractivity contribution in [3.8, 4) is 0 Å². The SMILES string of the molecule is Fc1ccc(F)c([C@H]2CN2)c1. The molecule has 0 aromatic heterocycles.